The Labute approximate surface area is 167 Å². The van der Waals surface area contributed by atoms with Gasteiger partial charge in [0.25, 0.3) is 5.91 Å². The minimum Gasteiger partial charge on any atom is -0.490 e. The van der Waals surface area contributed by atoms with E-state index in [9.17, 15) is 4.79 Å². The molecular weight excluding hydrogens is 416 g/mol. The molecule has 1 N–H and O–H groups in total. The lowest BCUT2D eigenvalue weighted by molar-refractivity contribution is 0.0374. The van der Waals surface area contributed by atoms with E-state index in [-0.39, 0.29) is 5.91 Å². The zero-order chi connectivity index (χ0) is 19.1. The fourth-order valence-electron chi connectivity index (χ4n) is 2.99. The largest absolute Gasteiger partial charge is 0.490 e. The van der Waals surface area contributed by atoms with Gasteiger partial charge >= 0.3 is 0 Å². The van der Waals surface area contributed by atoms with Crippen molar-refractivity contribution in [1.29, 1.82) is 0 Å². The third kappa shape index (κ3) is 5.68. The summed E-state index contributed by atoms with van der Waals surface area (Å²) in [7, 11) is 1.62. The van der Waals surface area contributed by atoms with Gasteiger partial charge in [0.2, 0.25) is 0 Å². The molecule has 2 aromatic rings. The molecule has 0 radical (unpaired) electrons. The second kappa shape index (κ2) is 10.1. The number of ether oxygens (including phenoxy) is 3. The number of carbonyl (C=O) groups is 1. The standard InChI is InChI=1S/C19H25BrN2O5/c1-24-9-10-26-16-11-14(12-17-15(16)13-18(20)27-17)19(23)21-3-2-4-22-5-7-25-8-6-22/h11-13H,2-10H2,1H3,(H,21,23). The van der Waals surface area contributed by atoms with Crippen LogP contribution in [0.5, 0.6) is 5.75 Å². The number of carbonyl (C=O) groups excluding carboxylic acids is 1. The van der Waals surface area contributed by atoms with Gasteiger partial charge in [0.15, 0.2) is 4.67 Å². The van der Waals surface area contributed by atoms with Gasteiger partial charge < -0.3 is 23.9 Å². The van der Waals surface area contributed by atoms with E-state index >= 15 is 0 Å². The lowest BCUT2D eigenvalue weighted by Crippen LogP contribution is -2.38. The molecule has 2 heterocycles. The second-order valence-corrected chi connectivity index (χ2v) is 7.12. The monoisotopic (exact) mass is 440 g/mol. The summed E-state index contributed by atoms with van der Waals surface area (Å²) in [6.07, 6.45) is 0.900. The zero-order valence-electron chi connectivity index (χ0n) is 15.5. The van der Waals surface area contributed by atoms with Gasteiger partial charge in [-0.05, 0) is 41.0 Å². The third-order valence-electron chi connectivity index (χ3n) is 4.42. The number of amides is 1. The molecule has 1 saturated heterocycles. The summed E-state index contributed by atoms with van der Waals surface area (Å²) >= 11 is 3.33. The first-order valence-electron chi connectivity index (χ1n) is 9.10. The Morgan fingerprint density at radius 2 is 2.07 bits per heavy atom. The van der Waals surface area contributed by atoms with Crippen molar-refractivity contribution in [1.82, 2.24) is 10.2 Å². The molecule has 8 heteroatoms. The van der Waals surface area contributed by atoms with Crippen molar-refractivity contribution in [2.24, 2.45) is 0 Å². The molecular formula is C19H25BrN2O5. The molecule has 0 unspecified atom stereocenters. The highest BCUT2D eigenvalue weighted by Gasteiger charge is 2.15. The molecule has 1 amide bonds. The van der Waals surface area contributed by atoms with Crippen LogP contribution in [0.4, 0.5) is 0 Å². The van der Waals surface area contributed by atoms with Crippen LogP contribution in [-0.4, -0.2) is 70.5 Å². The van der Waals surface area contributed by atoms with E-state index in [1.54, 1.807) is 19.2 Å². The summed E-state index contributed by atoms with van der Waals surface area (Å²) in [4.78, 5) is 14.9. The number of hydrogen-bond acceptors (Lipinski definition) is 6. The van der Waals surface area contributed by atoms with Gasteiger partial charge in [0.05, 0.1) is 25.2 Å². The zero-order valence-corrected chi connectivity index (χ0v) is 17.0. The highest BCUT2D eigenvalue weighted by molar-refractivity contribution is 9.10. The molecule has 0 bridgehead atoms. The Balaban J connectivity index is 1.59. The van der Waals surface area contributed by atoms with E-state index < -0.39 is 0 Å². The first-order valence-corrected chi connectivity index (χ1v) is 9.90. The predicted molar refractivity (Wildman–Crippen MR) is 105 cm³/mol. The lowest BCUT2D eigenvalue weighted by Gasteiger charge is -2.26. The molecule has 1 aromatic heterocycles. The number of morpholine rings is 1. The molecule has 0 spiro atoms. The molecule has 1 aliphatic rings. The van der Waals surface area contributed by atoms with Gasteiger partial charge in [-0.2, -0.15) is 0 Å². The number of halogens is 1. The van der Waals surface area contributed by atoms with Crippen molar-refractivity contribution >= 4 is 32.8 Å². The van der Waals surface area contributed by atoms with Crippen LogP contribution in [0.2, 0.25) is 0 Å². The number of nitrogens with one attached hydrogen (secondary N) is 1. The van der Waals surface area contributed by atoms with Crippen LogP contribution in [-0.2, 0) is 9.47 Å². The van der Waals surface area contributed by atoms with Crippen LogP contribution < -0.4 is 10.1 Å². The van der Waals surface area contributed by atoms with E-state index in [0.29, 0.717) is 41.3 Å². The van der Waals surface area contributed by atoms with Crippen molar-refractivity contribution < 1.29 is 23.4 Å². The number of benzene rings is 1. The SMILES string of the molecule is COCCOc1cc(C(=O)NCCCN2CCOCC2)cc2oc(Br)cc12. The number of methoxy groups -OCH3 is 1. The Hall–Kier alpha value is -1.61. The summed E-state index contributed by atoms with van der Waals surface area (Å²) in [5.74, 6) is 0.473. The second-order valence-electron chi connectivity index (χ2n) is 6.34. The summed E-state index contributed by atoms with van der Waals surface area (Å²) < 4.78 is 22.3. The van der Waals surface area contributed by atoms with E-state index in [1.165, 1.54) is 0 Å². The van der Waals surface area contributed by atoms with Crippen LogP contribution >= 0.6 is 15.9 Å². The highest BCUT2D eigenvalue weighted by Crippen LogP contribution is 2.32. The molecule has 148 valence electrons. The molecule has 1 aromatic carbocycles. The van der Waals surface area contributed by atoms with Crippen LogP contribution in [0.25, 0.3) is 11.0 Å². The molecule has 7 nitrogen and oxygen atoms in total. The number of furan rings is 1. The maximum Gasteiger partial charge on any atom is 0.251 e. The Morgan fingerprint density at radius 3 is 2.85 bits per heavy atom. The summed E-state index contributed by atoms with van der Waals surface area (Å²) in [5, 5.41) is 3.80. The Morgan fingerprint density at radius 1 is 1.26 bits per heavy atom. The van der Waals surface area contributed by atoms with Crippen LogP contribution in [0.15, 0.2) is 27.3 Å². The van der Waals surface area contributed by atoms with Gasteiger partial charge in [0.1, 0.15) is 17.9 Å². The summed E-state index contributed by atoms with van der Waals surface area (Å²) in [5.41, 5.74) is 1.12. The maximum absolute atomic E-state index is 12.6. The normalized spacial score (nSPS) is 15.2. The summed E-state index contributed by atoms with van der Waals surface area (Å²) in [6.45, 7) is 5.95. The average molecular weight is 441 g/mol. The molecule has 0 atom stereocenters. The summed E-state index contributed by atoms with van der Waals surface area (Å²) in [6, 6.07) is 5.32. The number of hydrogen-bond donors (Lipinski definition) is 1. The molecule has 1 aliphatic heterocycles. The average Bonchev–Trinajstić information content (AvgIpc) is 3.06. The van der Waals surface area contributed by atoms with Crippen molar-refractivity contribution in [2.75, 3.05) is 59.7 Å². The highest BCUT2D eigenvalue weighted by atomic mass is 79.9. The Kier molecular flexibility index (Phi) is 7.51. The van der Waals surface area contributed by atoms with Crippen molar-refractivity contribution in [3.05, 3.63) is 28.4 Å². The minimum absolute atomic E-state index is 0.136. The first kappa shape index (κ1) is 20.1. The predicted octanol–water partition coefficient (Wildman–Crippen LogP) is 2.67. The van der Waals surface area contributed by atoms with Crippen molar-refractivity contribution in [3.8, 4) is 5.75 Å². The van der Waals surface area contributed by atoms with Gasteiger partial charge in [-0.25, -0.2) is 0 Å². The topological polar surface area (TPSA) is 73.2 Å². The minimum atomic E-state index is -0.136. The number of fused-ring (bicyclic) bond motifs is 1. The quantitative estimate of drug-likeness (QED) is 0.604. The van der Waals surface area contributed by atoms with E-state index in [4.69, 9.17) is 18.6 Å². The fourth-order valence-corrected chi connectivity index (χ4v) is 3.40. The maximum atomic E-state index is 12.6. The van der Waals surface area contributed by atoms with Gasteiger partial charge in [-0.15, -0.1) is 0 Å². The number of nitrogens with zero attached hydrogens (tertiary/aromatic N) is 1. The third-order valence-corrected chi connectivity index (χ3v) is 4.81. The smallest absolute Gasteiger partial charge is 0.251 e. The van der Waals surface area contributed by atoms with Gasteiger partial charge in [-0.1, -0.05) is 0 Å². The first-order chi connectivity index (χ1) is 13.2. The van der Waals surface area contributed by atoms with E-state index in [0.717, 1.165) is 44.7 Å². The van der Waals surface area contributed by atoms with Crippen LogP contribution in [0, 0.1) is 0 Å². The van der Waals surface area contributed by atoms with E-state index in [1.807, 2.05) is 6.07 Å². The fraction of sp³-hybridized carbons (Fsp3) is 0.526. The van der Waals surface area contributed by atoms with E-state index in [2.05, 4.69) is 26.1 Å². The van der Waals surface area contributed by atoms with Gasteiger partial charge in [-0.3, -0.25) is 9.69 Å². The lowest BCUT2D eigenvalue weighted by atomic mass is 10.1. The molecule has 0 saturated carbocycles. The van der Waals surface area contributed by atoms with Crippen LogP contribution in [0.1, 0.15) is 16.8 Å². The molecule has 3 rings (SSSR count). The molecule has 1 fully saturated rings. The molecule has 0 aliphatic carbocycles. The van der Waals surface area contributed by atoms with Crippen molar-refractivity contribution in [2.45, 2.75) is 6.42 Å². The van der Waals surface area contributed by atoms with Crippen LogP contribution in [0.3, 0.4) is 0 Å². The van der Waals surface area contributed by atoms with Crippen molar-refractivity contribution in [3.63, 3.8) is 0 Å². The van der Waals surface area contributed by atoms with Gasteiger partial charge in [0, 0.05) is 38.4 Å². The molecule has 27 heavy (non-hydrogen) atoms. The Bertz CT molecular complexity index is 758. The number of rotatable bonds is 9.